The second kappa shape index (κ2) is 3.56. The van der Waals surface area contributed by atoms with Gasteiger partial charge in [0.2, 0.25) is 0 Å². The molecule has 0 radical (unpaired) electrons. The molecule has 0 aliphatic heterocycles. The average Bonchev–Trinajstić information content (AvgIpc) is 2.44. The number of aryl methyl sites for hydroxylation is 1. The van der Waals surface area contributed by atoms with Crippen molar-refractivity contribution in [3.8, 4) is 0 Å². The Morgan fingerprint density at radius 2 is 2.15 bits per heavy atom. The van der Waals surface area contributed by atoms with Gasteiger partial charge < -0.3 is 0 Å². The van der Waals surface area contributed by atoms with E-state index < -0.39 is 0 Å². The van der Waals surface area contributed by atoms with Crippen LogP contribution in [0.25, 0.3) is 10.1 Å². The molecule has 1 aromatic heterocycles. The SMILES string of the molecule is CSc1sc2ccc(S)cc2c1C. The summed E-state index contributed by atoms with van der Waals surface area (Å²) in [5.41, 5.74) is 1.39. The van der Waals surface area contributed by atoms with Gasteiger partial charge in [0.15, 0.2) is 0 Å². The van der Waals surface area contributed by atoms with Crippen molar-refractivity contribution >= 4 is 45.8 Å². The lowest BCUT2D eigenvalue weighted by Gasteiger charge is -1.93. The Labute approximate surface area is 91.8 Å². The Hall–Kier alpha value is -0.120. The smallest absolute Gasteiger partial charge is 0.0637 e. The van der Waals surface area contributed by atoms with Gasteiger partial charge in [-0.05, 0) is 42.3 Å². The quantitative estimate of drug-likeness (QED) is 0.561. The minimum absolute atomic E-state index is 1.04. The van der Waals surface area contributed by atoms with Crippen LogP contribution >= 0.6 is 35.7 Å². The number of fused-ring (bicyclic) bond motifs is 1. The number of thioether (sulfide) groups is 1. The van der Waals surface area contributed by atoms with E-state index in [4.69, 9.17) is 0 Å². The Morgan fingerprint density at radius 3 is 2.85 bits per heavy atom. The predicted molar refractivity (Wildman–Crippen MR) is 65.6 cm³/mol. The van der Waals surface area contributed by atoms with E-state index in [-0.39, 0.29) is 0 Å². The van der Waals surface area contributed by atoms with Crippen molar-refractivity contribution in [2.45, 2.75) is 16.0 Å². The fourth-order valence-electron chi connectivity index (χ4n) is 1.38. The summed E-state index contributed by atoms with van der Waals surface area (Å²) in [6, 6.07) is 6.34. The highest BCUT2D eigenvalue weighted by Gasteiger charge is 2.06. The average molecular weight is 226 g/mol. The number of rotatable bonds is 1. The first-order chi connectivity index (χ1) is 6.22. The van der Waals surface area contributed by atoms with Crippen LogP contribution in [0.2, 0.25) is 0 Å². The molecule has 1 aromatic carbocycles. The minimum atomic E-state index is 1.04. The molecule has 0 nitrogen and oxygen atoms in total. The lowest BCUT2D eigenvalue weighted by molar-refractivity contribution is 1.44. The molecule has 13 heavy (non-hydrogen) atoms. The fraction of sp³-hybridized carbons (Fsp3) is 0.200. The van der Waals surface area contributed by atoms with Crippen LogP contribution in [0.4, 0.5) is 0 Å². The normalized spacial score (nSPS) is 11.0. The zero-order valence-electron chi connectivity index (χ0n) is 7.50. The zero-order chi connectivity index (χ0) is 9.42. The number of hydrogen-bond donors (Lipinski definition) is 1. The van der Waals surface area contributed by atoms with Crippen LogP contribution in [0.5, 0.6) is 0 Å². The van der Waals surface area contributed by atoms with Gasteiger partial charge in [-0.25, -0.2) is 0 Å². The Balaban J connectivity index is 2.77. The largest absolute Gasteiger partial charge is 0.143 e. The molecule has 0 saturated carbocycles. The second-order valence-electron chi connectivity index (χ2n) is 2.90. The maximum Gasteiger partial charge on any atom is 0.0637 e. The molecular weight excluding hydrogens is 216 g/mol. The minimum Gasteiger partial charge on any atom is -0.143 e. The summed E-state index contributed by atoms with van der Waals surface area (Å²) in [6.07, 6.45) is 2.12. The van der Waals surface area contributed by atoms with Gasteiger partial charge in [-0.2, -0.15) is 0 Å². The first kappa shape index (κ1) is 9.44. The maximum atomic E-state index is 4.34. The molecule has 0 bridgehead atoms. The van der Waals surface area contributed by atoms with Crippen molar-refractivity contribution in [2.24, 2.45) is 0 Å². The van der Waals surface area contributed by atoms with Gasteiger partial charge in [-0.1, -0.05) is 0 Å². The first-order valence-corrected chi connectivity index (χ1v) is 6.47. The van der Waals surface area contributed by atoms with Crippen molar-refractivity contribution in [3.05, 3.63) is 23.8 Å². The fourth-order valence-corrected chi connectivity index (χ4v) is 3.52. The van der Waals surface area contributed by atoms with Crippen LogP contribution in [0, 0.1) is 6.92 Å². The van der Waals surface area contributed by atoms with E-state index >= 15 is 0 Å². The van der Waals surface area contributed by atoms with Crippen LogP contribution < -0.4 is 0 Å². The molecule has 0 atom stereocenters. The summed E-state index contributed by atoms with van der Waals surface area (Å²) in [4.78, 5) is 1.04. The van der Waals surface area contributed by atoms with E-state index in [2.05, 4.69) is 37.9 Å². The standard InChI is InChI=1S/C10H10S3/c1-6-8-5-7(11)3-4-9(8)13-10(6)12-2/h3-5,11H,1-2H3. The third kappa shape index (κ3) is 1.60. The van der Waals surface area contributed by atoms with Crippen LogP contribution in [0.1, 0.15) is 5.56 Å². The molecule has 2 rings (SSSR count). The zero-order valence-corrected chi connectivity index (χ0v) is 10.0. The van der Waals surface area contributed by atoms with Crippen molar-refractivity contribution in [1.29, 1.82) is 0 Å². The molecule has 1 heterocycles. The highest BCUT2D eigenvalue weighted by molar-refractivity contribution is 8.00. The number of benzene rings is 1. The van der Waals surface area contributed by atoms with Crippen LogP contribution in [0.3, 0.4) is 0 Å². The summed E-state index contributed by atoms with van der Waals surface area (Å²) < 4.78 is 2.77. The first-order valence-electron chi connectivity index (χ1n) is 3.98. The summed E-state index contributed by atoms with van der Waals surface area (Å²) in [6.45, 7) is 2.18. The summed E-state index contributed by atoms with van der Waals surface area (Å²) >= 11 is 8.03. The second-order valence-corrected chi connectivity index (χ2v) is 5.54. The molecule has 0 unspecified atom stereocenters. The highest BCUT2D eigenvalue weighted by Crippen LogP contribution is 2.37. The Morgan fingerprint density at radius 1 is 1.38 bits per heavy atom. The number of thiophene rings is 1. The molecular formula is C10H10S3. The van der Waals surface area contributed by atoms with Gasteiger partial charge in [-0.3, -0.25) is 0 Å². The van der Waals surface area contributed by atoms with Gasteiger partial charge >= 0.3 is 0 Å². The molecule has 0 N–H and O–H groups in total. The van der Waals surface area contributed by atoms with E-state index in [1.54, 1.807) is 0 Å². The van der Waals surface area contributed by atoms with E-state index in [1.807, 2.05) is 29.2 Å². The van der Waals surface area contributed by atoms with Crippen molar-refractivity contribution < 1.29 is 0 Å². The predicted octanol–water partition coefficient (Wildman–Crippen LogP) is 4.22. The van der Waals surface area contributed by atoms with E-state index in [9.17, 15) is 0 Å². The van der Waals surface area contributed by atoms with E-state index in [0.29, 0.717) is 0 Å². The molecule has 0 amide bonds. The van der Waals surface area contributed by atoms with Crippen LogP contribution in [0.15, 0.2) is 27.3 Å². The molecule has 0 spiro atoms. The van der Waals surface area contributed by atoms with E-state index in [1.165, 1.54) is 19.9 Å². The lowest BCUT2D eigenvalue weighted by atomic mass is 10.2. The van der Waals surface area contributed by atoms with Gasteiger partial charge in [0.25, 0.3) is 0 Å². The lowest BCUT2D eigenvalue weighted by Crippen LogP contribution is -1.70. The van der Waals surface area contributed by atoms with E-state index in [0.717, 1.165) is 4.90 Å². The third-order valence-corrected chi connectivity index (χ3v) is 4.83. The van der Waals surface area contributed by atoms with Crippen molar-refractivity contribution in [3.63, 3.8) is 0 Å². The van der Waals surface area contributed by atoms with Crippen LogP contribution in [-0.2, 0) is 0 Å². The number of hydrogen-bond acceptors (Lipinski definition) is 3. The Bertz CT molecular complexity index is 443. The molecule has 3 heteroatoms. The Kier molecular flexibility index (Phi) is 2.58. The molecule has 0 saturated heterocycles. The highest BCUT2D eigenvalue weighted by atomic mass is 32.2. The van der Waals surface area contributed by atoms with Crippen molar-refractivity contribution in [2.75, 3.05) is 6.26 Å². The summed E-state index contributed by atoms with van der Waals surface area (Å²) in [7, 11) is 0. The van der Waals surface area contributed by atoms with Gasteiger partial charge in [-0.15, -0.1) is 35.7 Å². The molecule has 0 fully saturated rings. The monoisotopic (exact) mass is 226 g/mol. The summed E-state index contributed by atoms with van der Waals surface area (Å²) in [5, 5.41) is 1.35. The molecule has 0 aliphatic carbocycles. The molecule has 0 aliphatic rings. The topological polar surface area (TPSA) is 0 Å². The summed E-state index contributed by atoms with van der Waals surface area (Å²) in [5.74, 6) is 0. The molecule has 2 aromatic rings. The third-order valence-electron chi connectivity index (χ3n) is 2.06. The van der Waals surface area contributed by atoms with Gasteiger partial charge in [0.1, 0.15) is 0 Å². The maximum absolute atomic E-state index is 4.34. The van der Waals surface area contributed by atoms with Crippen molar-refractivity contribution in [1.82, 2.24) is 0 Å². The number of thiol groups is 1. The van der Waals surface area contributed by atoms with Crippen LogP contribution in [-0.4, -0.2) is 6.26 Å². The van der Waals surface area contributed by atoms with Gasteiger partial charge in [0, 0.05) is 9.60 Å². The molecule has 68 valence electrons. The van der Waals surface area contributed by atoms with Gasteiger partial charge in [0.05, 0.1) is 4.21 Å².